The van der Waals surface area contributed by atoms with Crippen molar-refractivity contribution in [3.05, 3.63) is 59.2 Å². The van der Waals surface area contributed by atoms with Crippen molar-refractivity contribution in [3.63, 3.8) is 0 Å². The molecule has 0 aliphatic carbocycles. The predicted molar refractivity (Wildman–Crippen MR) is 126 cm³/mol. The van der Waals surface area contributed by atoms with Crippen molar-refractivity contribution in [2.24, 2.45) is 0 Å². The van der Waals surface area contributed by atoms with Gasteiger partial charge in [-0.15, -0.1) is 0 Å². The van der Waals surface area contributed by atoms with Crippen LogP contribution in [0.4, 0.5) is 4.79 Å². The fraction of sp³-hybridized carbons (Fsp3) is 0.480. The summed E-state index contributed by atoms with van der Waals surface area (Å²) < 4.78 is 6.18. The Bertz CT molecular complexity index is 881. The molecule has 0 aliphatic heterocycles. The first-order valence-corrected chi connectivity index (χ1v) is 12.4. The van der Waals surface area contributed by atoms with E-state index in [1.807, 2.05) is 26.8 Å². The molecule has 30 heavy (non-hydrogen) atoms. The Hall–Kier alpha value is -2.11. The van der Waals surface area contributed by atoms with Crippen LogP contribution in [0.1, 0.15) is 58.2 Å². The van der Waals surface area contributed by atoms with Crippen LogP contribution in [0.5, 0.6) is 0 Å². The van der Waals surface area contributed by atoms with Crippen LogP contribution < -0.4 is 0 Å². The lowest BCUT2D eigenvalue weighted by Crippen LogP contribution is -2.44. The minimum atomic E-state index is -0.903. The maximum atomic E-state index is 11.7. The number of hydrogen-bond acceptors (Lipinski definition) is 2. The monoisotopic (exact) mass is 426 g/mol. The van der Waals surface area contributed by atoms with Gasteiger partial charge in [0.05, 0.1) is 6.61 Å². The highest BCUT2D eigenvalue weighted by Gasteiger charge is 2.26. The van der Waals surface area contributed by atoms with Crippen LogP contribution in [0.15, 0.2) is 42.5 Å². The zero-order chi connectivity index (χ0) is 22.7. The first kappa shape index (κ1) is 24.2. The van der Waals surface area contributed by atoms with Gasteiger partial charge in [-0.2, -0.15) is 0 Å². The number of aryl methyl sites for hydroxylation is 1. The quantitative estimate of drug-likeness (QED) is 0.512. The molecular weight excluding hydrogens is 390 g/mol. The lowest BCUT2D eigenvalue weighted by atomic mass is 9.96. The fourth-order valence-corrected chi connectivity index (χ4v) is 3.91. The van der Waals surface area contributed by atoms with Crippen molar-refractivity contribution in [3.8, 4) is 11.1 Å². The molecule has 0 saturated carbocycles. The molecule has 2 aromatic carbocycles. The molecule has 0 saturated heterocycles. The summed E-state index contributed by atoms with van der Waals surface area (Å²) in [7, 11) is -0.890. The van der Waals surface area contributed by atoms with Crippen LogP contribution in [0.2, 0.25) is 11.6 Å². The molecule has 0 aliphatic rings. The molecule has 0 heterocycles. The van der Waals surface area contributed by atoms with Gasteiger partial charge in [-0.25, -0.2) is 4.79 Å². The molecule has 2 aromatic rings. The van der Waals surface area contributed by atoms with E-state index in [-0.39, 0.29) is 5.04 Å². The molecule has 1 amide bonds. The van der Waals surface area contributed by atoms with Gasteiger partial charge in [-0.3, -0.25) is 4.90 Å². The van der Waals surface area contributed by atoms with Gasteiger partial charge >= 0.3 is 6.09 Å². The number of rotatable bonds is 6. The van der Waals surface area contributed by atoms with Gasteiger partial charge in [0.1, 0.15) is 0 Å². The lowest BCUT2D eigenvalue weighted by molar-refractivity contribution is 0.0955. The van der Waals surface area contributed by atoms with E-state index in [9.17, 15) is 9.90 Å². The Kier molecular flexibility index (Phi) is 7.53. The van der Waals surface area contributed by atoms with Crippen molar-refractivity contribution >= 4 is 15.1 Å². The highest BCUT2D eigenvalue weighted by molar-refractivity contribution is 6.53. The average molecular weight is 427 g/mol. The Morgan fingerprint density at radius 2 is 1.70 bits per heavy atom. The lowest BCUT2D eigenvalue weighted by Gasteiger charge is -2.33. The summed E-state index contributed by atoms with van der Waals surface area (Å²) in [6, 6.07) is 14.7. The van der Waals surface area contributed by atoms with Gasteiger partial charge in [0.25, 0.3) is 0 Å². The third-order valence-electron chi connectivity index (χ3n) is 5.43. The van der Waals surface area contributed by atoms with Crippen LogP contribution >= 0.6 is 0 Å². The van der Waals surface area contributed by atoms with Crippen molar-refractivity contribution in [2.45, 2.75) is 78.7 Å². The molecule has 4 nitrogen and oxygen atoms in total. The zero-order valence-electron chi connectivity index (χ0n) is 19.7. The van der Waals surface area contributed by atoms with Crippen LogP contribution in [0.25, 0.3) is 11.1 Å². The van der Waals surface area contributed by atoms with Crippen molar-refractivity contribution in [1.29, 1.82) is 0 Å². The average Bonchev–Trinajstić information content (AvgIpc) is 2.63. The second-order valence-electron chi connectivity index (χ2n) is 9.98. The van der Waals surface area contributed by atoms with Crippen molar-refractivity contribution in [1.82, 2.24) is 4.90 Å². The van der Waals surface area contributed by atoms with Gasteiger partial charge in [-0.1, -0.05) is 51.1 Å². The minimum absolute atomic E-state index is 0.205. The molecule has 0 bridgehead atoms. The second-order valence-corrected chi connectivity index (χ2v) is 12.9. The summed E-state index contributed by atoms with van der Waals surface area (Å²) in [5, 5.41) is 9.83. The van der Waals surface area contributed by atoms with E-state index in [0.717, 1.165) is 22.3 Å². The zero-order valence-corrected chi connectivity index (χ0v) is 20.7. The van der Waals surface area contributed by atoms with E-state index in [1.165, 1.54) is 10.5 Å². The number of carboxylic acid groups (broad SMARTS) is 1. The topological polar surface area (TPSA) is 49.8 Å². The number of benzene rings is 2. The second kappa shape index (κ2) is 9.35. The van der Waals surface area contributed by atoms with Gasteiger partial charge in [-0.05, 0) is 79.2 Å². The summed E-state index contributed by atoms with van der Waals surface area (Å²) >= 11 is 0. The molecule has 5 heteroatoms. The van der Waals surface area contributed by atoms with E-state index in [4.69, 9.17) is 4.43 Å². The van der Waals surface area contributed by atoms with Gasteiger partial charge in [0, 0.05) is 12.1 Å². The van der Waals surface area contributed by atoms with Crippen LogP contribution in [-0.4, -0.2) is 30.7 Å². The fourth-order valence-electron chi connectivity index (χ4n) is 3.09. The summed E-state index contributed by atoms with van der Waals surface area (Å²) in [6.07, 6.45) is -0.903. The third-order valence-corrected chi connectivity index (χ3v) is 8.12. The predicted octanol–water partition coefficient (Wildman–Crippen LogP) is 6.88. The van der Waals surface area contributed by atoms with Gasteiger partial charge in [0.2, 0.25) is 9.04 Å². The molecule has 0 unspecified atom stereocenters. The Balaban J connectivity index is 2.27. The van der Waals surface area contributed by atoms with Crippen molar-refractivity contribution < 1.29 is 14.3 Å². The number of carbonyl (C=O) groups is 1. The number of amides is 1. The molecule has 0 aromatic heterocycles. The van der Waals surface area contributed by atoms with Gasteiger partial charge < -0.3 is 9.53 Å². The summed E-state index contributed by atoms with van der Waals surface area (Å²) in [5.41, 5.74) is 5.12. The Morgan fingerprint density at radius 3 is 2.27 bits per heavy atom. The van der Waals surface area contributed by atoms with Gasteiger partial charge in [0.15, 0.2) is 0 Å². The van der Waals surface area contributed by atoms with E-state index >= 15 is 0 Å². The smallest absolute Gasteiger partial charge is 0.408 e. The SMILES string of the molecule is Cc1ccc(CN(C(=O)O)C(C)(C)C)cc1-c1cccc(CO[Si](C)C(C)(C)C)c1. The minimum Gasteiger partial charge on any atom is -0.465 e. The third kappa shape index (κ3) is 6.44. The van der Waals surface area contributed by atoms with Crippen LogP contribution in [0.3, 0.4) is 0 Å². The highest BCUT2D eigenvalue weighted by atomic mass is 28.3. The number of nitrogens with zero attached hydrogens (tertiary/aromatic N) is 1. The largest absolute Gasteiger partial charge is 0.465 e. The maximum Gasteiger partial charge on any atom is 0.408 e. The van der Waals surface area contributed by atoms with Crippen LogP contribution in [-0.2, 0) is 17.6 Å². The Labute approximate surface area is 183 Å². The molecule has 0 atom stereocenters. The summed E-state index contributed by atoms with van der Waals surface area (Å²) in [4.78, 5) is 13.2. The molecular formula is C25H36NO3Si. The van der Waals surface area contributed by atoms with E-state index in [0.29, 0.717) is 13.2 Å². The van der Waals surface area contributed by atoms with E-state index < -0.39 is 20.7 Å². The first-order chi connectivity index (χ1) is 13.8. The molecule has 1 N–H and O–H groups in total. The van der Waals surface area contributed by atoms with Crippen LogP contribution in [0, 0.1) is 6.92 Å². The van der Waals surface area contributed by atoms with E-state index in [1.54, 1.807) is 0 Å². The summed E-state index contributed by atoms with van der Waals surface area (Å²) in [6.45, 7) is 17.7. The van der Waals surface area contributed by atoms with E-state index in [2.05, 4.69) is 70.6 Å². The molecule has 2 rings (SSSR count). The highest BCUT2D eigenvalue weighted by Crippen LogP contribution is 2.30. The van der Waals surface area contributed by atoms with Crippen molar-refractivity contribution in [2.75, 3.05) is 0 Å². The molecule has 1 radical (unpaired) electrons. The molecule has 0 spiro atoms. The number of hydrogen-bond donors (Lipinski definition) is 1. The maximum absolute atomic E-state index is 11.7. The normalized spacial score (nSPS) is 12.3. The standard InChI is InChI=1S/C25H36NO3Si/c1-18-12-13-19(16-26(23(27)28)24(2,3)4)15-22(18)21-11-9-10-20(14-21)17-29-30(8)25(5,6)7/h9-15H,16-17H2,1-8H3,(H,27,28). The molecule has 163 valence electrons. The molecule has 0 fully saturated rings. The first-order valence-electron chi connectivity index (χ1n) is 10.5. The summed E-state index contributed by atoms with van der Waals surface area (Å²) in [5.74, 6) is 0. The Morgan fingerprint density at radius 1 is 1.03 bits per heavy atom.